The maximum Gasteiger partial charge on any atom is 0.321 e. The number of carbonyl (C=O) groups is 1. The van der Waals surface area contributed by atoms with Crippen molar-refractivity contribution in [1.82, 2.24) is 25.3 Å². The van der Waals surface area contributed by atoms with Gasteiger partial charge in [-0.05, 0) is 48.2 Å². The number of benzene rings is 2. The van der Waals surface area contributed by atoms with Crippen molar-refractivity contribution in [2.24, 2.45) is 11.1 Å². The number of carboxylic acids is 1. The molecule has 0 saturated carbocycles. The fourth-order valence-electron chi connectivity index (χ4n) is 4.05. The molecule has 0 amide bonds. The zero-order valence-electron chi connectivity index (χ0n) is 22.4. The van der Waals surface area contributed by atoms with Crippen LogP contribution in [0.3, 0.4) is 0 Å². The van der Waals surface area contributed by atoms with E-state index in [1.165, 1.54) is 0 Å². The minimum absolute atomic E-state index is 0.0295. The van der Waals surface area contributed by atoms with E-state index in [2.05, 4.69) is 20.6 Å². The van der Waals surface area contributed by atoms with Gasteiger partial charge >= 0.3 is 5.97 Å². The Morgan fingerprint density at radius 3 is 2.56 bits per heavy atom. The predicted octanol–water partition coefficient (Wildman–Crippen LogP) is 2.95. The van der Waals surface area contributed by atoms with Crippen LogP contribution >= 0.6 is 11.3 Å². The third-order valence-corrected chi connectivity index (χ3v) is 8.56. The predicted molar refractivity (Wildman–Crippen MR) is 150 cm³/mol. The van der Waals surface area contributed by atoms with Crippen molar-refractivity contribution in [3.8, 4) is 11.5 Å². The Hall–Kier alpha value is -3.66. The number of ether oxygens (including phenoxy) is 2. The van der Waals surface area contributed by atoms with Gasteiger partial charge in [-0.3, -0.25) is 4.79 Å². The lowest BCUT2D eigenvalue weighted by atomic mass is 10.0. The quantitative estimate of drug-likeness (QED) is 0.183. The molecular weight excluding hydrogens is 575 g/mol. The van der Waals surface area contributed by atoms with Crippen LogP contribution in [0.5, 0.6) is 11.5 Å². The Bertz CT molecular complexity index is 1570. The molecule has 2 aromatic heterocycles. The van der Waals surface area contributed by atoms with Gasteiger partial charge in [0.2, 0.25) is 4.34 Å². The molecule has 220 valence electrons. The van der Waals surface area contributed by atoms with Gasteiger partial charge < -0.3 is 19.9 Å². The summed E-state index contributed by atoms with van der Waals surface area (Å²) in [5, 5.41) is 26.5. The highest BCUT2D eigenvalue weighted by Gasteiger charge is 2.23. The molecule has 0 bridgehead atoms. The lowest BCUT2D eigenvalue weighted by Crippen LogP contribution is -2.42. The van der Waals surface area contributed by atoms with Crippen LogP contribution in [0.15, 0.2) is 53.0 Å². The summed E-state index contributed by atoms with van der Waals surface area (Å²) in [7, 11) is -3.89. The van der Waals surface area contributed by atoms with E-state index in [4.69, 9.17) is 14.6 Å². The summed E-state index contributed by atoms with van der Waals surface area (Å²) in [5.41, 5.74) is 1.87. The van der Waals surface area contributed by atoms with Gasteiger partial charge in [0.05, 0.1) is 22.5 Å². The van der Waals surface area contributed by atoms with Crippen molar-refractivity contribution in [1.29, 1.82) is 0 Å². The molecule has 15 heteroatoms. The SMILES string of the molecule is CC(C)[C@H](CN[C@@H](Cc1ccc(OCCF)cc1)C(=O)O)n1cc(COc2ccc3nc(S(N)(=O)=O)sc3c2)nn1. The normalized spacial score (nSPS) is 13.4. The Kier molecular flexibility index (Phi) is 9.86. The highest BCUT2D eigenvalue weighted by Crippen LogP contribution is 2.28. The van der Waals surface area contributed by atoms with Crippen molar-refractivity contribution in [3.63, 3.8) is 0 Å². The fraction of sp³-hybridized carbons (Fsp3) is 0.385. The van der Waals surface area contributed by atoms with Crippen LogP contribution in [0.1, 0.15) is 31.1 Å². The summed E-state index contributed by atoms with van der Waals surface area (Å²) < 4.78 is 48.7. The average Bonchev–Trinajstić information content (AvgIpc) is 3.57. The van der Waals surface area contributed by atoms with Crippen LogP contribution in [0.2, 0.25) is 0 Å². The topological polar surface area (TPSA) is 172 Å². The molecule has 2 aromatic carbocycles. The average molecular weight is 607 g/mol. The standard InChI is InChI=1S/C26H31FN6O6S2/c1-16(2)23(13-29-22(25(34)35)11-17-3-5-19(6-4-17)38-10-9-27)33-14-18(31-32-33)15-39-20-7-8-21-24(12-20)40-26(30-21)41(28,36)37/h3-8,12,14,16,22-23,29H,9-11,13,15H2,1-2H3,(H,34,35)(H2,28,36,37)/t22-,23-/m0/s1. The molecule has 0 radical (unpaired) electrons. The number of alkyl halides is 1. The Morgan fingerprint density at radius 2 is 1.90 bits per heavy atom. The number of fused-ring (bicyclic) bond motifs is 1. The third-order valence-electron chi connectivity index (χ3n) is 6.22. The molecule has 4 aromatic rings. The Balaban J connectivity index is 1.36. The van der Waals surface area contributed by atoms with Crippen molar-refractivity contribution in [2.45, 2.75) is 43.3 Å². The molecule has 2 atom stereocenters. The smallest absolute Gasteiger partial charge is 0.321 e. The van der Waals surface area contributed by atoms with Gasteiger partial charge in [-0.1, -0.05) is 31.2 Å². The van der Waals surface area contributed by atoms with Gasteiger partial charge in [-0.15, -0.1) is 16.4 Å². The Labute approximate surface area is 240 Å². The number of primary sulfonamides is 1. The number of sulfonamides is 1. The summed E-state index contributed by atoms with van der Waals surface area (Å²) in [6.45, 7) is 3.86. The zero-order chi connectivity index (χ0) is 29.6. The van der Waals surface area contributed by atoms with Gasteiger partial charge in [0, 0.05) is 6.54 Å². The summed E-state index contributed by atoms with van der Waals surface area (Å²) in [5.74, 6) is 0.163. The summed E-state index contributed by atoms with van der Waals surface area (Å²) in [6, 6.07) is 10.9. The van der Waals surface area contributed by atoms with E-state index in [1.807, 2.05) is 13.8 Å². The van der Waals surface area contributed by atoms with Gasteiger partial charge in [-0.25, -0.2) is 27.6 Å². The van der Waals surface area contributed by atoms with Crippen LogP contribution in [-0.4, -0.2) is 65.3 Å². The molecule has 0 aliphatic carbocycles. The van der Waals surface area contributed by atoms with Crippen LogP contribution in [0, 0.1) is 5.92 Å². The molecule has 0 aliphatic rings. The molecule has 12 nitrogen and oxygen atoms in total. The summed E-state index contributed by atoms with van der Waals surface area (Å²) in [6.07, 6.45) is 2.01. The first kappa shape index (κ1) is 30.3. The van der Waals surface area contributed by atoms with Crippen LogP contribution in [-0.2, 0) is 27.8 Å². The van der Waals surface area contributed by atoms with Crippen LogP contribution < -0.4 is 19.9 Å². The monoisotopic (exact) mass is 606 g/mol. The highest BCUT2D eigenvalue weighted by atomic mass is 32.2. The van der Waals surface area contributed by atoms with Crippen molar-refractivity contribution in [2.75, 3.05) is 19.8 Å². The number of hydrogen-bond donors (Lipinski definition) is 3. The molecule has 0 unspecified atom stereocenters. The molecule has 4 N–H and O–H groups in total. The third kappa shape index (κ3) is 8.19. The van der Waals surface area contributed by atoms with Crippen LogP contribution in [0.4, 0.5) is 4.39 Å². The molecule has 0 aliphatic heterocycles. The van der Waals surface area contributed by atoms with E-state index in [9.17, 15) is 22.7 Å². The second-order valence-electron chi connectivity index (χ2n) is 9.63. The molecule has 0 saturated heterocycles. The second kappa shape index (κ2) is 13.3. The molecule has 0 fully saturated rings. The number of carboxylic acid groups (broad SMARTS) is 1. The van der Waals surface area contributed by atoms with E-state index in [0.29, 0.717) is 34.0 Å². The first-order chi connectivity index (χ1) is 19.5. The van der Waals surface area contributed by atoms with Gasteiger partial charge in [0.25, 0.3) is 10.0 Å². The molecule has 0 spiro atoms. The highest BCUT2D eigenvalue weighted by molar-refractivity contribution is 7.91. The van der Waals surface area contributed by atoms with Gasteiger partial charge in [-0.2, -0.15) is 0 Å². The number of aliphatic carboxylic acids is 1. The van der Waals surface area contributed by atoms with E-state index in [0.717, 1.165) is 16.9 Å². The van der Waals surface area contributed by atoms with E-state index in [1.54, 1.807) is 53.3 Å². The molecular formula is C26H31FN6O6S2. The second-order valence-corrected chi connectivity index (χ2v) is 12.4. The maximum atomic E-state index is 12.3. The number of rotatable bonds is 15. The van der Waals surface area contributed by atoms with Gasteiger partial charge in [0.15, 0.2) is 0 Å². The number of hydrogen-bond acceptors (Lipinski definition) is 10. The Morgan fingerprint density at radius 1 is 1.17 bits per heavy atom. The zero-order valence-corrected chi connectivity index (χ0v) is 24.1. The van der Waals surface area contributed by atoms with Gasteiger partial charge in [0.1, 0.15) is 43.1 Å². The van der Waals surface area contributed by atoms with Crippen molar-refractivity contribution >= 4 is 37.5 Å². The van der Waals surface area contributed by atoms with Crippen molar-refractivity contribution in [3.05, 3.63) is 59.9 Å². The van der Waals surface area contributed by atoms with Crippen molar-refractivity contribution < 1.29 is 32.2 Å². The molecule has 41 heavy (non-hydrogen) atoms. The number of nitrogens with zero attached hydrogens (tertiary/aromatic N) is 4. The number of halogens is 1. The number of nitrogens with two attached hydrogens (primary N) is 1. The summed E-state index contributed by atoms with van der Waals surface area (Å²) >= 11 is 0.962. The summed E-state index contributed by atoms with van der Waals surface area (Å²) in [4.78, 5) is 16.0. The maximum absolute atomic E-state index is 12.3. The molecule has 4 rings (SSSR count). The first-order valence-corrected chi connectivity index (χ1v) is 15.1. The number of thiazole rings is 1. The van der Waals surface area contributed by atoms with E-state index in [-0.39, 0.29) is 35.9 Å². The number of aromatic nitrogens is 4. The van der Waals surface area contributed by atoms with Crippen LogP contribution in [0.25, 0.3) is 10.2 Å². The first-order valence-electron chi connectivity index (χ1n) is 12.7. The number of nitrogens with one attached hydrogen (secondary N) is 1. The van der Waals surface area contributed by atoms with E-state index >= 15 is 0 Å². The fourth-order valence-corrected chi connectivity index (χ4v) is 5.74. The lowest BCUT2D eigenvalue weighted by molar-refractivity contribution is -0.139. The largest absolute Gasteiger partial charge is 0.491 e. The minimum atomic E-state index is -3.89. The lowest BCUT2D eigenvalue weighted by Gasteiger charge is -2.24. The van der Waals surface area contributed by atoms with E-state index < -0.39 is 28.7 Å². The minimum Gasteiger partial charge on any atom is -0.491 e. The molecule has 2 heterocycles.